The molecule has 0 saturated heterocycles. The fourth-order valence-corrected chi connectivity index (χ4v) is 1.94. The van der Waals surface area contributed by atoms with E-state index >= 15 is 0 Å². The van der Waals surface area contributed by atoms with Crippen LogP contribution in [0, 0.1) is 5.41 Å². The minimum atomic E-state index is 0.277. The molecule has 15 heavy (non-hydrogen) atoms. The maximum Gasteiger partial charge on any atom is 0.0682 e. The third-order valence-electron chi connectivity index (χ3n) is 2.59. The van der Waals surface area contributed by atoms with Gasteiger partial charge in [0.2, 0.25) is 0 Å². The number of fused-ring (bicyclic) bond motifs is 1. The molecule has 0 aliphatic heterocycles. The molecule has 2 nitrogen and oxygen atoms in total. The van der Waals surface area contributed by atoms with Gasteiger partial charge in [-0.3, -0.25) is 5.10 Å². The molecule has 1 heterocycles. The number of nitrogens with zero attached hydrogens (tertiary/aromatic N) is 1. The smallest absolute Gasteiger partial charge is 0.0682 e. The Morgan fingerprint density at radius 1 is 1.40 bits per heavy atom. The molecular formula is C12H15BrN2. The van der Waals surface area contributed by atoms with E-state index in [0.717, 1.165) is 11.8 Å². The standard InChI is InChI=1S/C12H15BrN2/c1-12(2,8-13)6-9-4-3-5-10-7-14-15-11(9)10/h3-5,7H,6,8H2,1-2H3,(H,14,15). The number of rotatable bonds is 3. The van der Waals surface area contributed by atoms with Gasteiger partial charge in [0.05, 0.1) is 11.7 Å². The summed E-state index contributed by atoms with van der Waals surface area (Å²) in [7, 11) is 0. The van der Waals surface area contributed by atoms with Gasteiger partial charge in [-0.1, -0.05) is 48.0 Å². The first-order valence-corrected chi connectivity index (χ1v) is 6.21. The lowest BCUT2D eigenvalue weighted by atomic mass is 9.87. The van der Waals surface area contributed by atoms with Gasteiger partial charge in [-0.25, -0.2) is 0 Å². The Morgan fingerprint density at radius 3 is 2.93 bits per heavy atom. The summed E-state index contributed by atoms with van der Waals surface area (Å²) in [4.78, 5) is 0. The Hall–Kier alpha value is -0.830. The molecule has 1 aromatic carbocycles. The summed E-state index contributed by atoms with van der Waals surface area (Å²) in [5.41, 5.74) is 2.79. The van der Waals surface area contributed by atoms with E-state index in [4.69, 9.17) is 0 Å². The maximum absolute atomic E-state index is 4.08. The number of aromatic amines is 1. The highest BCUT2D eigenvalue weighted by molar-refractivity contribution is 9.09. The van der Waals surface area contributed by atoms with Crippen molar-refractivity contribution < 1.29 is 0 Å². The summed E-state index contributed by atoms with van der Waals surface area (Å²) in [6, 6.07) is 6.35. The zero-order chi connectivity index (χ0) is 10.9. The Bertz CT molecular complexity index is 459. The first-order valence-electron chi connectivity index (χ1n) is 5.09. The summed E-state index contributed by atoms with van der Waals surface area (Å²) in [6.45, 7) is 4.52. The van der Waals surface area contributed by atoms with Crippen molar-refractivity contribution in [2.75, 3.05) is 5.33 Å². The van der Waals surface area contributed by atoms with Crippen molar-refractivity contribution in [2.45, 2.75) is 20.3 Å². The van der Waals surface area contributed by atoms with Gasteiger partial charge in [-0.15, -0.1) is 0 Å². The van der Waals surface area contributed by atoms with Gasteiger partial charge >= 0.3 is 0 Å². The van der Waals surface area contributed by atoms with Gasteiger partial charge < -0.3 is 0 Å². The lowest BCUT2D eigenvalue weighted by molar-refractivity contribution is 0.426. The Balaban J connectivity index is 2.39. The molecule has 2 rings (SSSR count). The van der Waals surface area contributed by atoms with Crippen molar-refractivity contribution >= 4 is 26.8 Å². The van der Waals surface area contributed by atoms with Crippen LogP contribution < -0.4 is 0 Å². The van der Waals surface area contributed by atoms with E-state index in [9.17, 15) is 0 Å². The molecule has 3 heteroatoms. The van der Waals surface area contributed by atoms with Crippen LogP contribution in [0.3, 0.4) is 0 Å². The zero-order valence-corrected chi connectivity index (χ0v) is 10.6. The molecule has 2 aromatic rings. The van der Waals surface area contributed by atoms with Crippen molar-refractivity contribution in [1.82, 2.24) is 10.2 Å². The highest BCUT2D eigenvalue weighted by Gasteiger charge is 2.18. The Labute approximate surface area is 98.2 Å². The topological polar surface area (TPSA) is 28.7 Å². The van der Waals surface area contributed by atoms with E-state index in [1.54, 1.807) is 0 Å². The highest BCUT2D eigenvalue weighted by Crippen LogP contribution is 2.27. The normalized spacial score (nSPS) is 12.2. The SMILES string of the molecule is CC(C)(CBr)Cc1cccc2cn[nH]c12. The molecule has 0 fully saturated rings. The Kier molecular flexibility index (Phi) is 2.83. The van der Waals surface area contributed by atoms with Crippen molar-refractivity contribution in [2.24, 2.45) is 5.41 Å². The molecule has 0 aliphatic rings. The monoisotopic (exact) mass is 266 g/mol. The zero-order valence-electron chi connectivity index (χ0n) is 9.05. The molecule has 0 bridgehead atoms. The summed E-state index contributed by atoms with van der Waals surface area (Å²) in [5, 5.41) is 9.35. The molecular weight excluding hydrogens is 252 g/mol. The third kappa shape index (κ3) is 2.23. The van der Waals surface area contributed by atoms with Crippen LogP contribution in [-0.4, -0.2) is 15.5 Å². The summed E-state index contributed by atoms with van der Waals surface area (Å²) in [5.74, 6) is 0. The number of aromatic nitrogens is 2. The van der Waals surface area contributed by atoms with Crippen LogP contribution in [0.2, 0.25) is 0 Å². The largest absolute Gasteiger partial charge is 0.278 e. The number of alkyl halides is 1. The van der Waals surface area contributed by atoms with Crippen LogP contribution in [0.1, 0.15) is 19.4 Å². The number of benzene rings is 1. The average Bonchev–Trinajstić information content (AvgIpc) is 2.66. The van der Waals surface area contributed by atoms with Crippen LogP contribution in [0.25, 0.3) is 10.9 Å². The molecule has 0 radical (unpaired) electrons. The van der Waals surface area contributed by atoms with Gasteiger partial charge in [-0.05, 0) is 17.4 Å². The Morgan fingerprint density at radius 2 is 2.20 bits per heavy atom. The van der Waals surface area contributed by atoms with Crippen LogP contribution >= 0.6 is 15.9 Å². The number of hydrogen-bond donors (Lipinski definition) is 1. The van der Waals surface area contributed by atoms with E-state index in [1.165, 1.54) is 16.5 Å². The summed E-state index contributed by atoms with van der Waals surface area (Å²) >= 11 is 3.56. The maximum atomic E-state index is 4.08. The van der Waals surface area contributed by atoms with Crippen molar-refractivity contribution in [3.63, 3.8) is 0 Å². The van der Waals surface area contributed by atoms with Crippen LogP contribution in [-0.2, 0) is 6.42 Å². The number of hydrogen-bond acceptors (Lipinski definition) is 1. The van der Waals surface area contributed by atoms with E-state index < -0.39 is 0 Å². The molecule has 0 aliphatic carbocycles. The van der Waals surface area contributed by atoms with Crippen molar-refractivity contribution in [1.29, 1.82) is 0 Å². The van der Waals surface area contributed by atoms with Gasteiger partial charge in [0, 0.05) is 10.7 Å². The molecule has 1 N–H and O–H groups in total. The fourth-order valence-electron chi connectivity index (χ4n) is 1.74. The second-order valence-electron chi connectivity index (χ2n) is 4.73. The minimum absolute atomic E-state index is 0.277. The van der Waals surface area contributed by atoms with E-state index in [1.807, 2.05) is 6.20 Å². The molecule has 80 valence electrons. The van der Waals surface area contributed by atoms with E-state index in [0.29, 0.717) is 0 Å². The molecule has 0 unspecified atom stereocenters. The minimum Gasteiger partial charge on any atom is -0.278 e. The summed E-state index contributed by atoms with van der Waals surface area (Å²) in [6.07, 6.45) is 2.93. The molecule has 0 spiro atoms. The molecule has 0 atom stereocenters. The van der Waals surface area contributed by atoms with Crippen LogP contribution in [0.5, 0.6) is 0 Å². The predicted octanol–water partition coefficient (Wildman–Crippen LogP) is 3.53. The number of H-pyrrole nitrogens is 1. The summed E-state index contributed by atoms with van der Waals surface area (Å²) < 4.78 is 0. The van der Waals surface area contributed by atoms with Crippen LogP contribution in [0.15, 0.2) is 24.4 Å². The molecule has 1 aromatic heterocycles. The van der Waals surface area contributed by atoms with Gasteiger partial charge in [0.1, 0.15) is 0 Å². The second kappa shape index (κ2) is 3.97. The number of para-hydroxylation sites is 1. The number of halogens is 1. The van der Waals surface area contributed by atoms with E-state index in [-0.39, 0.29) is 5.41 Å². The first kappa shape index (κ1) is 10.7. The van der Waals surface area contributed by atoms with Crippen LogP contribution in [0.4, 0.5) is 0 Å². The van der Waals surface area contributed by atoms with Crippen molar-refractivity contribution in [3.8, 4) is 0 Å². The number of nitrogens with one attached hydrogen (secondary N) is 1. The molecule has 0 saturated carbocycles. The fraction of sp³-hybridized carbons (Fsp3) is 0.417. The average molecular weight is 267 g/mol. The predicted molar refractivity (Wildman–Crippen MR) is 67.4 cm³/mol. The van der Waals surface area contributed by atoms with E-state index in [2.05, 4.69) is 58.2 Å². The van der Waals surface area contributed by atoms with Gasteiger partial charge in [0.25, 0.3) is 0 Å². The van der Waals surface area contributed by atoms with Gasteiger partial charge in [0.15, 0.2) is 0 Å². The lowest BCUT2D eigenvalue weighted by Crippen LogP contribution is -2.16. The quantitative estimate of drug-likeness (QED) is 0.847. The third-order valence-corrected chi connectivity index (χ3v) is 4.11. The van der Waals surface area contributed by atoms with Gasteiger partial charge in [-0.2, -0.15) is 5.10 Å². The second-order valence-corrected chi connectivity index (χ2v) is 5.29. The first-order chi connectivity index (χ1) is 7.12. The van der Waals surface area contributed by atoms with Crippen molar-refractivity contribution in [3.05, 3.63) is 30.0 Å². The highest BCUT2D eigenvalue weighted by atomic mass is 79.9. The lowest BCUT2D eigenvalue weighted by Gasteiger charge is -2.21. The molecule has 0 amide bonds.